The molecule has 0 saturated carbocycles. The molecule has 0 amide bonds. The van der Waals surface area contributed by atoms with Gasteiger partial charge in [-0.25, -0.2) is 4.98 Å². The van der Waals surface area contributed by atoms with Crippen molar-refractivity contribution in [2.24, 2.45) is 10.9 Å². The smallest absolute Gasteiger partial charge is 0.288 e. The van der Waals surface area contributed by atoms with Crippen LogP contribution in [0.15, 0.2) is 41.7 Å². The van der Waals surface area contributed by atoms with Crippen molar-refractivity contribution < 1.29 is 14.9 Å². The maximum absolute atomic E-state index is 10.7. The molecule has 9 heteroatoms. The number of nitrogens with zero attached hydrogens (tertiary/aromatic N) is 3. The fourth-order valence-electron chi connectivity index (χ4n) is 1.49. The highest BCUT2D eigenvalue weighted by molar-refractivity contribution is 6.32. The van der Waals surface area contributed by atoms with Crippen molar-refractivity contribution in [3.05, 3.63) is 57.2 Å². The summed E-state index contributed by atoms with van der Waals surface area (Å²) in [6, 6.07) is 7.68. The molecule has 0 fully saturated rings. The highest BCUT2D eigenvalue weighted by Gasteiger charge is 2.18. The van der Waals surface area contributed by atoms with Gasteiger partial charge in [-0.2, -0.15) is 0 Å². The first kappa shape index (κ1) is 14.5. The van der Waals surface area contributed by atoms with Gasteiger partial charge in [-0.15, -0.1) is 0 Å². The normalized spacial score (nSPS) is 11.2. The minimum Gasteiger partial charge on any atom is -0.437 e. The summed E-state index contributed by atoms with van der Waals surface area (Å²) in [5.41, 5.74) is 5.14. The molecule has 8 nitrogen and oxygen atoms in total. The molecule has 3 N–H and O–H groups in total. The number of para-hydroxylation sites is 1. The Morgan fingerprint density at radius 3 is 2.81 bits per heavy atom. The van der Waals surface area contributed by atoms with Gasteiger partial charge in [-0.05, 0) is 12.1 Å². The molecule has 2 rings (SSSR count). The van der Waals surface area contributed by atoms with E-state index in [1.807, 2.05) is 0 Å². The predicted octanol–water partition coefficient (Wildman–Crippen LogP) is 2.53. The maximum atomic E-state index is 10.7. The van der Waals surface area contributed by atoms with Crippen molar-refractivity contribution in [2.75, 3.05) is 0 Å². The Morgan fingerprint density at radius 1 is 1.48 bits per heavy atom. The van der Waals surface area contributed by atoms with Crippen molar-refractivity contribution in [2.45, 2.75) is 0 Å². The Morgan fingerprint density at radius 2 is 2.19 bits per heavy atom. The van der Waals surface area contributed by atoms with E-state index in [2.05, 4.69) is 10.1 Å². The molecular formula is C12H9ClN4O4. The van der Waals surface area contributed by atoms with E-state index in [1.165, 1.54) is 0 Å². The number of nitro groups is 1. The average Bonchev–Trinajstić information content (AvgIpc) is 2.49. The maximum Gasteiger partial charge on any atom is 0.288 e. The number of pyridine rings is 1. The van der Waals surface area contributed by atoms with Crippen LogP contribution in [0.25, 0.3) is 0 Å². The highest BCUT2D eigenvalue weighted by atomic mass is 35.5. The van der Waals surface area contributed by atoms with E-state index in [-0.39, 0.29) is 28.7 Å². The lowest BCUT2D eigenvalue weighted by atomic mass is 10.2. The second-order valence-corrected chi connectivity index (χ2v) is 4.23. The molecule has 0 aliphatic rings. The number of hydrogen-bond acceptors (Lipinski definition) is 6. The number of aromatic nitrogens is 1. The molecule has 0 atom stereocenters. The number of nitrogens with two attached hydrogens (primary N) is 1. The summed E-state index contributed by atoms with van der Waals surface area (Å²) in [5.74, 6) is -0.148. The van der Waals surface area contributed by atoms with Crippen LogP contribution in [0.1, 0.15) is 5.56 Å². The Labute approximate surface area is 123 Å². The van der Waals surface area contributed by atoms with E-state index < -0.39 is 4.92 Å². The lowest BCUT2D eigenvalue weighted by molar-refractivity contribution is -0.385. The van der Waals surface area contributed by atoms with Crippen LogP contribution in [0.3, 0.4) is 0 Å². The second-order valence-electron chi connectivity index (χ2n) is 3.82. The number of halogens is 1. The minimum atomic E-state index is -0.652. The van der Waals surface area contributed by atoms with Crippen molar-refractivity contribution in [3.63, 3.8) is 0 Å². The van der Waals surface area contributed by atoms with E-state index in [4.69, 9.17) is 27.3 Å². The fourth-order valence-corrected chi connectivity index (χ4v) is 1.67. The quantitative estimate of drug-likeness (QED) is 0.294. The minimum absolute atomic E-state index is 0.0216. The van der Waals surface area contributed by atoms with Gasteiger partial charge in [-0.3, -0.25) is 10.1 Å². The molecule has 1 aromatic heterocycles. The molecule has 0 bridgehead atoms. The molecule has 1 heterocycles. The molecule has 0 aliphatic carbocycles. The van der Waals surface area contributed by atoms with Gasteiger partial charge >= 0.3 is 0 Å². The largest absolute Gasteiger partial charge is 0.437 e. The summed E-state index contributed by atoms with van der Waals surface area (Å²) < 4.78 is 5.46. The van der Waals surface area contributed by atoms with Crippen LogP contribution < -0.4 is 10.5 Å². The second kappa shape index (κ2) is 6.06. The fraction of sp³-hybridized carbons (Fsp3) is 0. The van der Waals surface area contributed by atoms with E-state index in [1.54, 1.807) is 24.3 Å². The summed E-state index contributed by atoms with van der Waals surface area (Å²) in [4.78, 5) is 13.9. The van der Waals surface area contributed by atoms with Crippen LogP contribution in [0.4, 0.5) is 5.69 Å². The van der Waals surface area contributed by atoms with Gasteiger partial charge in [0.2, 0.25) is 5.88 Å². The Kier molecular flexibility index (Phi) is 4.19. The topological polar surface area (TPSA) is 124 Å². The molecule has 0 aliphatic heterocycles. The standard InChI is InChI=1S/C12H9ClN4O4/c13-9-3-1-2-4-10(9)21-12-8(11(14)16-18)5-7(6-15-12)17(19)20/h1-6,18H,(H2,14,16). The van der Waals surface area contributed by atoms with Crippen LogP contribution in [-0.2, 0) is 0 Å². The first-order chi connectivity index (χ1) is 10.0. The van der Waals surface area contributed by atoms with Crippen LogP contribution in [0.5, 0.6) is 11.6 Å². The SMILES string of the molecule is NC(=NO)c1cc([N+](=O)[O-])cnc1Oc1ccccc1Cl. The monoisotopic (exact) mass is 308 g/mol. The average molecular weight is 309 g/mol. The number of benzene rings is 1. The van der Waals surface area contributed by atoms with Gasteiger partial charge in [0.05, 0.1) is 15.5 Å². The van der Waals surface area contributed by atoms with E-state index in [0.717, 1.165) is 12.3 Å². The summed E-state index contributed by atoms with van der Waals surface area (Å²) in [6.07, 6.45) is 1.00. The summed E-state index contributed by atoms with van der Waals surface area (Å²) in [6.45, 7) is 0. The number of ether oxygens (including phenoxy) is 1. The van der Waals surface area contributed by atoms with Crippen LogP contribution >= 0.6 is 11.6 Å². The Hall–Kier alpha value is -2.87. The van der Waals surface area contributed by atoms with Crippen molar-refractivity contribution in [3.8, 4) is 11.6 Å². The van der Waals surface area contributed by atoms with Gasteiger partial charge in [0, 0.05) is 6.07 Å². The molecule has 0 unspecified atom stereocenters. The van der Waals surface area contributed by atoms with Gasteiger partial charge < -0.3 is 15.7 Å². The molecule has 2 aromatic rings. The molecular weight excluding hydrogens is 300 g/mol. The first-order valence-electron chi connectivity index (χ1n) is 5.57. The van der Waals surface area contributed by atoms with E-state index in [9.17, 15) is 10.1 Å². The lowest BCUT2D eigenvalue weighted by Gasteiger charge is -2.09. The van der Waals surface area contributed by atoms with Crippen LogP contribution in [0.2, 0.25) is 5.02 Å². The zero-order valence-corrected chi connectivity index (χ0v) is 11.2. The van der Waals surface area contributed by atoms with E-state index >= 15 is 0 Å². The zero-order chi connectivity index (χ0) is 15.4. The van der Waals surface area contributed by atoms with Gasteiger partial charge in [0.25, 0.3) is 5.69 Å². The molecule has 1 aromatic carbocycles. The third-order valence-corrected chi connectivity index (χ3v) is 2.79. The summed E-state index contributed by atoms with van der Waals surface area (Å²) in [5, 5.41) is 22.6. The molecule has 0 radical (unpaired) electrons. The molecule has 21 heavy (non-hydrogen) atoms. The number of rotatable bonds is 4. The lowest BCUT2D eigenvalue weighted by Crippen LogP contribution is -2.15. The van der Waals surface area contributed by atoms with Gasteiger partial charge in [-0.1, -0.05) is 28.9 Å². The Bertz CT molecular complexity index is 720. The predicted molar refractivity (Wildman–Crippen MR) is 74.9 cm³/mol. The Balaban J connectivity index is 2.48. The number of oxime groups is 1. The third kappa shape index (κ3) is 3.18. The van der Waals surface area contributed by atoms with Gasteiger partial charge in [0.1, 0.15) is 11.9 Å². The first-order valence-corrected chi connectivity index (χ1v) is 5.95. The third-order valence-electron chi connectivity index (χ3n) is 2.47. The van der Waals surface area contributed by atoms with Crippen molar-refractivity contribution in [1.82, 2.24) is 4.98 Å². The number of amidine groups is 1. The van der Waals surface area contributed by atoms with Crippen molar-refractivity contribution in [1.29, 1.82) is 0 Å². The molecule has 0 saturated heterocycles. The zero-order valence-electron chi connectivity index (χ0n) is 10.4. The van der Waals surface area contributed by atoms with Crippen LogP contribution in [0, 0.1) is 10.1 Å². The summed E-state index contributed by atoms with van der Waals surface area (Å²) >= 11 is 5.95. The number of hydrogen-bond donors (Lipinski definition) is 2. The van der Waals surface area contributed by atoms with Crippen molar-refractivity contribution >= 4 is 23.1 Å². The van der Waals surface area contributed by atoms with Gasteiger partial charge in [0.15, 0.2) is 5.84 Å². The van der Waals surface area contributed by atoms with E-state index in [0.29, 0.717) is 5.02 Å². The van der Waals surface area contributed by atoms with Crippen LogP contribution in [-0.4, -0.2) is 21.0 Å². The highest BCUT2D eigenvalue weighted by Crippen LogP contribution is 2.30. The summed E-state index contributed by atoms with van der Waals surface area (Å²) in [7, 11) is 0. The molecule has 0 spiro atoms. The molecule has 108 valence electrons.